The zero-order chi connectivity index (χ0) is 16.0. The van der Waals surface area contributed by atoms with Crippen molar-refractivity contribution in [1.29, 1.82) is 5.26 Å². The first kappa shape index (κ1) is 16.6. The van der Waals surface area contributed by atoms with Crippen molar-refractivity contribution in [3.8, 4) is 6.07 Å². The lowest BCUT2D eigenvalue weighted by molar-refractivity contribution is -0.137. The summed E-state index contributed by atoms with van der Waals surface area (Å²) in [6.45, 7) is -0.0407. The van der Waals surface area contributed by atoms with E-state index in [1.54, 1.807) is 0 Å². The molecule has 1 aromatic carbocycles. The van der Waals surface area contributed by atoms with Crippen molar-refractivity contribution in [2.24, 2.45) is 5.73 Å². The molecule has 0 saturated carbocycles. The first-order valence-electron chi connectivity index (χ1n) is 6.26. The van der Waals surface area contributed by atoms with Crippen molar-refractivity contribution >= 4 is 11.9 Å². The van der Waals surface area contributed by atoms with Crippen LogP contribution in [0.4, 0.5) is 4.39 Å². The van der Waals surface area contributed by atoms with Crippen molar-refractivity contribution in [3.05, 3.63) is 35.1 Å². The Kier molecular flexibility index (Phi) is 5.81. The number of aliphatic carboxylic acids is 1. The van der Waals surface area contributed by atoms with Crippen LogP contribution in [0.1, 0.15) is 24.0 Å². The zero-order valence-electron chi connectivity index (χ0n) is 11.5. The molecular weight excluding hydrogens is 277 g/mol. The highest BCUT2D eigenvalue weighted by Crippen LogP contribution is 2.13. The highest BCUT2D eigenvalue weighted by Gasteiger charge is 2.20. The molecule has 0 aliphatic heterocycles. The van der Waals surface area contributed by atoms with Crippen LogP contribution < -0.4 is 5.73 Å². The van der Waals surface area contributed by atoms with Crippen molar-refractivity contribution in [2.45, 2.75) is 25.4 Å². The van der Waals surface area contributed by atoms with Crippen LogP contribution in [0.5, 0.6) is 0 Å². The van der Waals surface area contributed by atoms with Gasteiger partial charge in [0.1, 0.15) is 5.82 Å². The number of carboxylic acid groups (broad SMARTS) is 1. The van der Waals surface area contributed by atoms with E-state index in [0.717, 1.165) is 6.07 Å². The Labute approximate surface area is 121 Å². The van der Waals surface area contributed by atoms with E-state index in [2.05, 4.69) is 0 Å². The largest absolute Gasteiger partial charge is 0.481 e. The molecule has 3 N–H and O–H groups in total. The SMILES string of the molecule is CN(Cc1cc(C#N)ccc1F)C(=O)C(N)CCC(=O)O. The summed E-state index contributed by atoms with van der Waals surface area (Å²) in [6, 6.07) is 4.81. The number of nitrogens with zero attached hydrogens (tertiary/aromatic N) is 2. The number of likely N-dealkylation sites (N-methyl/N-ethyl adjacent to an activating group) is 1. The summed E-state index contributed by atoms with van der Waals surface area (Å²) in [5, 5.41) is 17.3. The summed E-state index contributed by atoms with van der Waals surface area (Å²) in [7, 11) is 1.45. The highest BCUT2D eigenvalue weighted by atomic mass is 19.1. The third kappa shape index (κ3) is 4.85. The molecule has 0 bridgehead atoms. The van der Waals surface area contributed by atoms with Gasteiger partial charge in [-0.25, -0.2) is 4.39 Å². The molecule has 0 spiro atoms. The number of hydrogen-bond acceptors (Lipinski definition) is 4. The number of benzene rings is 1. The van der Waals surface area contributed by atoms with E-state index in [1.165, 1.54) is 24.1 Å². The number of amides is 1. The first-order valence-corrected chi connectivity index (χ1v) is 6.26. The number of halogens is 1. The zero-order valence-corrected chi connectivity index (χ0v) is 11.5. The molecule has 0 saturated heterocycles. The summed E-state index contributed by atoms with van der Waals surface area (Å²) in [6.07, 6.45) is -0.196. The van der Waals surface area contributed by atoms with Gasteiger partial charge in [-0.15, -0.1) is 0 Å². The average molecular weight is 293 g/mol. The van der Waals surface area contributed by atoms with Crippen LogP contribution in [0.15, 0.2) is 18.2 Å². The average Bonchev–Trinajstić information content (AvgIpc) is 2.46. The number of nitrogens with two attached hydrogens (primary N) is 1. The van der Waals surface area contributed by atoms with Gasteiger partial charge in [0, 0.05) is 25.6 Å². The van der Waals surface area contributed by atoms with E-state index in [4.69, 9.17) is 16.1 Å². The Morgan fingerprint density at radius 1 is 1.52 bits per heavy atom. The summed E-state index contributed by atoms with van der Waals surface area (Å²) in [5.74, 6) is -2.03. The molecule has 1 unspecified atom stereocenters. The lowest BCUT2D eigenvalue weighted by Crippen LogP contribution is -2.41. The predicted molar refractivity (Wildman–Crippen MR) is 72.4 cm³/mol. The summed E-state index contributed by atoms with van der Waals surface area (Å²) in [5.41, 5.74) is 6.11. The van der Waals surface area contributed by atoms with E-state index < -0.39 is 23.7 Å². The van der Waals surface area contributed by atoms with Gasteiger partial charge in [0.25, 0.3) is 0 Å². The third-order valence-electron chi connectivity index (χ3n) is 2.94. The number of carbonyl (C=O) groups is 2. The number of nitriles is 1. The van der Waals surface area contributed by atoms with Gasteiger partial charge in [-0.1, -0.05) is 0 Å². The van der Waals surface area contributed by atoms with Crippen LogP contribution in [0.2, 0.25) is 0 Å². The second-order valence-electron chi connectivity index (χ2n) is 4.65. The molecule has 0 heterocycles. The van der Waals surface area contributed by atoms with Crippen molar-refractivity contribution in [1.82, 2.24) is 4.90 Å². The topological polar surface area (TPSA) is 107 Å². The molecule has 112 valence electrons. The Bertz CT molecular complexity index is 583. The maximum Gasteiger partial charge on any atom is 0.303 e. The van der Waals surface area contributed by atoms with Crippen LogP contribution in [0.3, 0.4) is 0 Å². The molecule has 1 atom stereocenters. The van der Waals surface area contributed by atoms with Crippen LogP contribution in [-0.4, -0.2) is 35.0 Å². The smallest absolute Gasteiger partial charge is 0.303 e. The molecule has 0 aliphatic carbocycles. The Morgan fingerprint density at radius 3 is 2.76 bits per heavy atom. The predicted octanol–water partition coefficient (Wildman–Crippen LogP) is 0.848. The minimum atomic E-state index is -1.03. The quantitative estimate of drug-likeness (QED) is 0.808. The van der Waals surface area contributed by atoms with E-state index in [-0.39, 0.29) is 24.9 Å². The van der Waals surface area contributed by atoms with Crippen molar-refractivity contribution in [2.75, 3.05) is 7.05 Å². The fourth-order valence-corrected chi connectivity index (χ4v) is 1.78. The third-order valence-corrected chi connectivity index (χ3v) is 2.94. The molecule has 1 rings (SSSR count). The van der Waals surface area contributed by atoms with E-state index in [0.29, 0.717) is 5.56 Å². The molecule has 6 nitrogen and oxygen atoms in total. The summed E-state index contributed by atoms with van der Waals surface area (Å²) >= 11 is 0. The van der Waals surface area contributed by atoms with E-state index in [1.807, 2.05) is 6.07 Å². The normalized spacial score (nSPS) is 11.5. The van der Waals surface area contributed by atoms with Gasteiger partial charge in [0.2, 0.25) is 5.91 Å². The maximum absolute atomic E-state index is 13.6. The first-order chi connectivity index (χ1) is 9.85. The fourth-order valence-electron chi connectivity index (χ4n) is 1.78. The lowest BCUT2D eigenvalue weighted by Gasteiger charge is -2.21. The molecule has 0 radical (unpaired) electrons. The highest BCUT2D eigenvalue weighted by molar-refractivity contribution is 5.82. The molecule has 1 aromatic rings. The van der Waals surface area contributed by atoms with Gasteiger partial charge in [-0.2, -0.15) is 5.26 Å². The van der Waals surface area contributed by atoms with Gasteiger partial charge >= 0.3 is 5.97 Å². The molecular formula is C14H16FN3O3. The van der Waals surface area contributed by atoms with E-state index in [9.17, 15) is 14.0 Å². The van der Waals surface area contributed by atoms with Gasteiger partial charge in [0.05, 0.1) is 17.7 Å². The molecule has 0 aromatic heterocycles. The van der Waals surface area contributed by atoms with Gasteiger partial charge in [0.15, 0.2) is 0 Å². The number of carboxylic acids is 1. The molecule has 0 aliphatic rings. The van der Waals surface area contributed by atoms with Gasteiger partial charge in [-0.05, 0) is 24.6 Å². The van der Waals surface area contributed by atoms with Crippen LogP contribution in [0, 0.1) is 17.1 Å². The standard InChI is InChI=1S/C14H16FN3O3/c1-18(14(21)12(17)4-5-13(19)20)8-10-6-9(7-16)2-3-11(10)15/h2-3,6,12H,4-5,8,17H2,1H3,(H,19,20). The van der Waals surface area contributed by atoms with Crippen LogP contribution in [-0.2, 0) is 16.1 Å². The lowest BCUT2D eigenvalue weighted by atomic mass is 10.1. The summed E-state index contributed by atoms with van der Waals surface area (Å²) in [4.78, 5) is 23.6. The second-order valence-corrected chi connectivity index (χ2v) is 4.65. The van der Waals surface area contributed by atoms with Crippen molar-refractivity contribution < 1.29 is 19.1 Å². The number of carbonyl (C=O) groups excluding carboxylic acids is 1. The Balaban J connectivity index is 2.72. The minimum Gasteiger partial charge on any atom is -0.481 e. The molecule has 7 heteroatoms. The second kappa shape index (κ2) is 7.36. The maximum atomic E-state index is 13.6. The van der Waals surface area contributed by atoms with Crippen LogP contribution in [0.25, 0.3) is 0 Å². The molecule has 21 heavy (non-hydrogen) atoms. The molecule has 0 fully saturated rings. The van der Waals surface area contributed by atoms with E-state index >= 15 is 0 Å². The monoisotopic (exact) mass is 293 g/mol. The Morgan fingerprint density at radius 2 is 2.19 bits per heavy atom. The Hall–Kier alpha value is -2.46. The number of rotatable bonds is 6. The molecule has 1 amide bonds. The van der Waals surface area contributed by atoms with Crippen LogP contribution >= 0.6 is 0 Å². The van der Waals surface area contributed by atoms with Gasteiger partial charge < -0.3 is 15.7 Å². The van der Waals surface area contributed by atoms with Crippen molar-refractivity contribution in [3.63, 3.8) is 0 Å². The summed E-state index contributed by atoms with van der Waals surface area (Å²) < 4.78 is 13.6. The minimum absolute atomic E-state index is 0.0131. The fraction of sp³-hybridized carbons (Fsp3) is 0.357. The van der Waals surface area contributed by atoms with Gasteiger partial charge in [-0.3, -0.25) is 9.59 Å². The number of hydrogen-bond donors (Lipinski definition) is 2.